The van der Waals surface area contributed by atoms with Crippen molar-refractivity contribution >= 4 is 23.2 Å². The summed E-state index contributed by atoms with van der Waals surface area (Å²) in [6.45, 7) is 8.20. The molecule has 1 N–H and O–H groups in total. The number of hydrogen-bond acceptors (Lipinski definition) is 5. The third kappa shape index (κ3) is 4.93. The van der Waals surface area contributed by atoms with Crippen molar-refractivity contribution in [2.45, 2.75) is 6.92 Å². The molecule has 0 saturated carbocycles. The Bertz CT molecular complexity index is 591. The number of carbonyl (C=O) groups excluding carboxylic acids is 2. The Balaban J connectivity index is 1.48. The second-order valence-electron chi connectivity index (χ2n) is 6.48. The van der Waals surface area contributed by atoms with Gasteiger partial charge in [0.25, 0.3) is 0 Å². The average Bonchev–Trinajstić information content (AvgIpc) is 2.63. The fourth-order valence-electron chi connectivity index (χ4n) is 3.20. The normalized spacial score (nSPS) is 18.9. The SMILES string of the molecule is CC(=O)N1CCN(c2ccc(NC(=O)CN3CCOCC3)cc2)CC1. The van der Waals surface area contributed by atoms with Crippen LogP contribution in [0.25, 0.3) is 0 Å². The lowest BCUT2D eigenvalue weighted by molar-refractivity contribution is -0.129. The second kappa shape index (κ2) is 8.31. The van der Waals surface area contributed by atoms with Gasteiger partial charge in [-0.25, -0.2) is 0 Å². The Kier molecular flexibility index (Phi) is 5.88. The molecule has 0 atom stereocenters. The number of nitrogens with zero attached hydrogens (tertiary/aromatic N) is 3. The molecule has 0 unspecified atom stereocenters. The molecule has 136 valence electrons. The zero-order valence-electron chi connectivity index (χ0n) is 14.7. The number of nitrogens with one attached hydrogen (secondary N) is 1. The number of carbonyl (C=O) groups is 2. The van der Waals surface area contributed by atoms with Crippen LogP contribution in [0.2, 0.25) is 0 Å². The number of rotatable bonds is 4. The van der Waals surface area contributed by atoms with E-state index in [1.807, 2.05) is 29.2 Å². The minimum Gasteiger partial charge on any atom is -0.379 e. The molecule has 0 spiro atoms. The first-order chi connectivity index (χ1) is 12.1. The van der Waals surface area contributed by atoms with Gasteiger partial charge in [-0.15, -0.1) is 0 Å². The van der Waals surface area contributed by atoms with Gasteiger partial charge in [0.2, 0.25) is 11.8 Å². The largest absolute Gasteiger partial charge is 0.379 e. The summed E-state index contributed by atoms with van der Waals surface area (Å²) in [7, 11) is 0. The van der Waals surface area contributed by atoms with E-state index in [9.17, 15) is 9.59 Å². The fourth-order valence-corrected chi connectivity index (χ4v) is 3.20. The molecule has 2 aliphatic rings. The molecule has 2 aliphatic heterocycles. The second-order valence-corrected chi connectivity index (χ2v) is 6.48. The quantitative estimate of drug-likeness (QED) is 0.866. The lowest BCUT2D eigenvalue weighted by Crippen LogP contribution is -2.48. The molecule has 0 aromatic heterocycles. The zero-order chi connectivity index (χ0) is 17.6. The zero-order valence-corrected chi connectivity index (χ0v) is 14.7. The molecule has 3 rings (SSSR count). The maximum Gasteiger partial charge on any atom is 0.238 e. The Morgan fingerprint density at radius 1 is 1.00 bits per heavy atom. The number of hydrogen-bond donors (Lipinski definition) is 1. The fraction of sp³-hybridized carbons (Fsp3) is 0.556. The van der Waals surface area contributed by atoms with Gasteiger partial charge in [0.1, 0.15) is 0 Å². The van der Waals surface area contributed by atoms with Gasteiger partial charge in [-0.05, 0) is 24.3 Å². The molecule has 2 saturated heterocycles. The average molecular weight is 346 g/mol. The Hall–Kier alpha value is -2.12. The summed E-state index contributed by atoms with van der Waals surface area (Å²) in [6, 6.07) is 7.91. The summed E-state index contributed by atoms with van der Waals surface area (Å²) >= 11 is 0. The van der Waals surface area contributed by atoms with Crippen molar-refractivity contribution in [3.8, 4) is 0 Å². The van der Waals surface area contributed by atoms with Crippen molar-refractivity contribution in [2.75, 3.05) is 69.2 Å². The summed E-state index contributed by atoms with van der Waals surface area (Å²) < 4.78 is 5.29. The molecular formula is C18H26N4O3. The van der Waals surface area contributed by atoms with Crippen LogP contribution in [0.4, 0.5) is 11.4 Å². The highest BCUT2D eigenvalue weighted by atomic mass is 16.5. The van der Waals surface area contributed by atoms with Gasteiger partial charge in [-0.2, -0.15) is 0 Å². The summed E-state index contributed by atoms with van der Waals surface area (Å²) in [5.41, 5.74) is 1.93. The van der Waals surface area contributed by atoms with E-state index < -0.39 is 0 Å². The van der Waals surface area contributed by atoms with Crippen LogP contribution >= 0.6 is 0 Å². The van der Waals surface area contributed by atoms with Crippen LogP contribution in [0, 0.1) is 0 Å². The predicted octanol–water partition coefficient (Wildman–Crippen LogP) is 0.626. The van der Waals surface area contributed by atoms with E-state index in [0.29, 0.717) is 19.8 Å². The number of morpholine rings is 1. The summed E-state index contributed by atoms with van der Waals surface area (Å²) in [5, 5.41) is 2.95. The van der Waals surface area contributed by atoms with Crippen molar-refractivity contribution in [1.29, 1.82) is 0 Å². The summed E-state index contributed by atoms with van der Waals surface area (Å²) in [4.78, 5) is 29.7. The molecule has 2 amide bonds. The first kappa shape index (κ1) is 17.7. The van der Waals surface area contributed by atoms with Gasteiger partial charge >= 0.3 is 0 Å². The molecule has 0 radical (unpaired) electrons. The molecule has 1 aromatic rings. The lowest BCUT2D eigenvalue weighted by atomic mass is 10.2. The maximum absolute atomic E-state index is 12.1. The molecular weight excluding hydrogens is 320 g/mol. The predicted molar refractivity (Wildman–Crippen MR) is 96.8 cm³/mol. The van der Waals surface area contributed by atoms with E-state index >= 15 is 0 Å². The maximum atomic E-state index is 12.1. The highest BCUT2D eigenvalue weighted by Gasteiger charge is 2.19. The molecule has 7 heteroatoms. The van der Waals surface area contributed by atoms with Gasteiger partial charge in [0.15, 0.2) is 0 Å². The van der Waals surface area contributed by atoms with Crippen molar-refractivity contribution in [3.05, 3.63) is 24.3 Å². The molecule has 1 aromatic carbocycles. The molecule has 2 heterocycles. The van der Waals surface area contributed by atoms with E-state index in [2.05, 4.69) is 15.1 Å². The number of anilines is 2. The Morgan fingerprint density at radius 3 is 2.24 bits per heavy atom. The van der Waals surface area contributed by atoms with Gasteiger partial charge in [0.05, 0.1) is 19.8 Å². The van der Waals surface area contributed by atoms with Crippen LogP contribution in [0.5, 0.6) is 0 Å². The van der Waals surface area contributed by atoms with E-state index in [1.165, 1.54) is 0 Å². The van der Waals surface area contributed by atoms with E-state index in [0.717, 1.165) is 50.6 Å². The summed E-state index contributed by atoms with van der Waals surface area (Å²) in [6.07, 6.45) is 0. The van der Waals surface area contributed by atoms with Crippen LogP contribution in [0.1, 0.15) is 6.92 Å². The highest BCUT2D eigenvalue weighted by molar-refractivity contribution is 5.92. The first-order valence-electron chi connectivity index (χ1n) is 8.82. The monoisotopic (exact) mass is 346 g/mol. The van der Waals surface area contributed by atoms with Crippen molar-refractivity contribution in [1.82, 2.24) is 9.80 Å². The van der Waals surface area contributed by atoms with Gasteiger partial charge in [-0.3, -0.25) is 14.5 Å². The van der Waals surface area contributed by atoms with Gasteiger partial charge in [-0.1, -0.05) is 0 Å². The Morgan fingerprint density at radius 2 is 1.64 bits per heavy atom. The first-order valence-corrected chi connectivity index (χ1v) is 8.82. The third-order valence-corrected chi connectivity index (χ3v) is 4.71. The van der Waals surface area contributed by atoms with E-state index in [1.54, 1.807) is 6.92 Å². The third-order valence-electron chi connectivity index (χ3n) is 4.71. The van der Waals surface area contributed by atoms with Crippen LogP contribution in [-0.4, -0.2) is 80.6 Å². The molecule has 0 bridgehead atoms. The van der Waals surface area contributed by atoms with Crippen LogP contribution in [0.15, 0.2) is 24.3 Å². The van der Waals surface area contributed by atoms with E-state index in [4.69, 9.17) is 4.74 Å². The minimum absolute atomic E-state index is 0.00437. The molecule has 25 heavy (non-hydrogen) atoms. The number of ether oxygens (including phenoxy) is 1. The lowest BCUT2D eigenvalue weighted by Gasteiger charge is -2.35. The topological polar surface area (TPSA) is 65.1 Å². The number of amides is 2. The number of benzene rings is 1. The van der Waals surface area contributed by atoms with Gasteiger partial charge in [0, 0.05) is 57.6 Å². The van der Waals surface area contributed by atoms with Crippen LogP contribution in [-0.2, 0) is 14.3 Å². The van der Waals surface area contributed by atoms with Gasteiger partial charge < -0.3 is 19.9 Å². The van der Waals surface area contributed by atoms with Crippen molar-refractivity contribution in [2.24, 2.45) is 0 Å². The smallest absolute Gasteiger partial charge is 0.238 e. The molecule has 0 aliphatic carbocycles. The van der Waals surface area contributed by atoms with Crippen LogP contribution < -0.4 is 10.2 Å². The molecule has 2 fully saturated rings. The molecule has 7 nitrogen and oxygen atoms in total. The van der Waals surface area contributed by atoms with Crippen molar-refractivity contribution < 1.29 is 14.3 Å². The van der Waals surface area contributed by atoms with Crippen LogP contribution in [0.3, 0.4) is 0 Å². The standard InChI is InChI=1S/C18H26N4O3/c1-15(23)21-6-8-22(9-7-21)17-4-2-16(3-5-17)19-18(24)14-20-10-12-25-13-11-20/h2-5H,6-14H2,1H3,(H,19,24). The Labute approximate surface area is 148 Å². The minimum atomic E-state index is 0.00437. The number of piperazine rings is 1. The highest BCUT2D eigenvalue weighted by Crippen LogP contribution is 2.19. The van der Waals surface area contributed by atoms with Crippen molar-refractivity contribution in [3.63, 3.8) is 0 Å². The van der Waals surface area contributed by atoms with E-state index in [-0.39, 0.29) is 11.8 Å². The summed E-state index contributed by atoms with van der Waals surface area (Å²) in [5.74, 6) is 0.141.